The Labute approximate surface area is 177 Å². The minimum absolute atomic E-state index is 0.0510. The van der Waals surface area contributed by atoms with Gasteiger partial charge in [0.25, 0.3) is 15.9 Å². The number of anilines is 1. The quantitative estimate of drug-likeness (QED) is 0.541. The third-order valence-corrected chi connectivity index (χ3v) is 6.10. The fourth-order valence-corrected chi connectivity index (χ4v) is 4.20. The number of aromatic nitrogens is 2. The average molecular weight is 427 g/mol. The summed E-state index contributed by atoms with van der Waals surface area (Å²) >= 11 is 0. The molecule has 1 amide bonds. The minimum Gasteiger partial charge on any atom is -0.352 e. The third-order valence-electron chi connectivity index (χ3n) is 4.72. The van der Waals surface area contributed by atoms with E-state index in [1.54, 1.807) is 35.9 Å². The van der Waals surface area contributed by atoms with Crippen molar-refractivity contribution in [3.05, 3.63) is 77.1 Å². The van der Waals surface area contributed by atoms with E-state index in [9.17, 15) is 13.2 Å². The van der Waals surface area contributed by atoms with E-state index in [4.69, 9.17) is 0 Å². The molecule has 0 atom stereocenters. The topological polar surface area (TPSA) is 93.1 Å². The number of carbonyl (C=O) groups excluding carboxylic acids is 1. The fourth-order valence-electron chi connectivity index (χ4n) is 3.13. The molecule has 0 fully saturated rings. The van der Waals surface area contributed by atoms with Crippen LogP contribution < -0.4 is 10.0 Å². The lowest BCUT2D eigenvalue weighted by Gasteiger charge is -2.12. The van der Waals surface area contributed by atoms with Gasteiger partial charge in [0.05, 0.1) is 11.1 Å². The Morgan fingerprint density at radius 1 is 1.13 bits per heavy atom. The first-order valence-electron chi connectivity index (χ1n) is 9.70. The lowest BCUT2D eigenvalue weighted by molar-refractivity contribution is 0.0952. The van der Waals surface area contributed by atoms with E-state index in [-0.39, 0.29) is 10.8 Å². The summed E-state index contributed by atoms with van der Waals surface area (Å²) in [5.41, 5.74) is 3.61. The molecule has 2 N–H and O–H groups in total. The van der Waals surface area contributed by atoms with E-state index in [1.165, 1.54) is 12.1 Å². The Bertz CT molecular complexity index is 1150. The maximum Gasteiger partial charge on any atom is 0.261 e. The highest BCUT2D eigenvalue weighted by atomic mass is 32.2. The second-order valence-electron chi connectivity index (χ2n) is 7.33. The number of aryl methyl sites for hydroxylation is 4. The molecule has 158 valence electrons. The Hall–Kier alpha value is -3.13. The molecule has 0 aliphatic rings. The molecule has 0 unspecified atom stereocenters. The maximum absolute atomic E-state index is 12.8. The molecule has 3 aromatic rings. The third kappa shape index (κ3) is 5.48. The van der Waals surface area contributed by atoms with Crippen molar-refractivity contribution in [1.29, 1.82) is 0 Å². The van der Waals surface area contributed by atoms with E-state index >= 15 is 0 Å². The van der Waals surface area contributed by atoms with Crippen LogP contribution in [0, 0.1) is 13.8 Å². The van der Waals surface area contributed by atoms with Gasteiger partial charge in [0.1, 0.15) is 0 Å². The van der Waals surface area contributed by atoms with Crippen LogP contribution >= 0.6 is 0 Å². The lowest BCUT2D eigenvalue weighted by atomic mass is 10.1. The van der Waals surface area contributed by atoms with E-state index in [0.717, 1.165) is 24.0 Å². The molecule has 7 nitrogen and oxygen atoms in total. The van der Waals surface area contributed by atoms with Gasteiger partial charge in [-0.25, -0.2) is 8.42 Å². The van der Waals surface area contributed by atoms with Crippen molar-refractivity contribution in [2.45, 2.75) is 31.6 Å². The van der Waals surface area contributed by atoms with Crippen LogP contribution in [0.25, 0.3) is 0 Å². The maximum atomic E-state index is 12.8. The molecule has 0 bridgehead atoms. The Kier molecular flexibility index (Phi) is 6.56. The van der Waals surface area contributed by atoms with Gasteiger partial charge in [-0.05, 0) is 67.6 Å². The van der Waals surface area contributed by atoms with Crippen molar-refractivity contribution in [3.63, 3.8) is 0 Å². The number of hydrogen-bond acceptors (Lipinski definition) is 4. The molecule has 8 heteroatoms. The van der Waals surface area contributed by atoms with Gasteiger partial charge >= 0.3 is 0 Å². The molecular weight excluding hydrogens is 400 g/mol. The number of hydrogen-bond donors (Lipinski definition) is 2. The van der Waals surface area contributed by atoms with Crippen molar-refractivity contribution in [2.75, 3.05) is 11.3 Å². The number of rotatable bonds is 8. The van der Waals surface area contributed by atoms with Gasteiger partial charge in [0.15, 0.2) is 0 Å². The molecule has 0 radical (unpaired) electrons. The number of nitrogens with zero attached hydrogens (tertiary/aromatic N) is 2. The van der Waals surface area contributed by atoms with Crippen LogP contribution in [0.5, 0.6) is 0 Å². The second kappa shape index (κ2) is 9.13. The molecular formula is C22H26N4O3S. The van der Waals surface area contributed by atoms with E-state index < -0.39 is 10.0 Å². The summed E-state index contributed by atoms with van der Waals surface area (Å²) in [6.07, 6.45) is 5.33. The summed E-state index contributed by atoms with van der Waals surface area (Å²) in [7, 11) is -1.94. The highest BCUT2D eigenvalue weighted by Gasteiger charge is 2.18. The predicted octanol–water partition coefficient (Wildman–Crippen LogP) is 3.20. The highest BCUT2D eigenvalue weighted by Crippen LogP contribution is 2.20. The van der Waals surface area contributed by atoms with Crippen LogP contribution in [-0.4, -0.2) is 30.7 Å². The molecule has 0 saturated carbocycles. The highest BCUT2D eigenvalue weighted by molar-refractivity contribution is 7.92. The molecule has 1 aromatic heterocycles. The Balaban J connectivity index is 1.66. The summed E-state index contributed by atoms with van der Waals surface area (Å²) in [5, 5.41) is 6.99. The van der Waals surface area contributed by atoms with Crippen LogP contribution in [0.4, 0.5) is 5.69 Å². The summed E-state index contributed by atoms with van der Waals surface area (Å²) in [5.74, 6) is -0.286. The number of amides is 1. The second-order valence-corrected chi connectivity index (χ2v) is 9.02. The fraction of sp³-hybridized carbons (Fsp3) is 0.273. The van der Waals surface area contributed by atoms with Gasteiger partial charge in [-0.2, -0.15) is 5.10 Å². The van der Waals surface area contributed by atoms with Crippen molar-refractivity contribution in [1.82, 2.24) is 15.1 Å². The zero-order valence-electron chi connectivity index (χ0n) is 17.3. The SMILES string of the molecule is Cc1cccc(NS(=O)(=O)c2ccc(C)c(C(=O)NCCCc3cnn(C)c3)c2)c1. The van der Waals surface area contributed by atoms with Gasteiger partial charge in [0, 0.05) is 31.0 Å². The van der Waals surface area contributed by atoms with Crippen molar-refractivity contribution >= 4 is 21.6 Å². The summed E-state index contributed by atoms with van der Waals surface area (Å²) in [4.78, 5) is 12.7. The van der Waals surface area contributed by atoms with Crippen LogP contribution in [0.2, 0.25) is 0 Å². The first-order valence-corrected chi connectivity index (χ1v) is 11.2. The summed E-state index contributed by atoms with van der Waals surface area (Å²) in [6, 6.07) is 11.7. The van der Waals surface area contributed by atoms with Crippen molar-refractivity contribution in [2.24, 2.45) is 7.05 Å². The number of nitrogens with one attached hydrogen (secondary N) is 2. The smallest absolute Gasteiger partial charge is 0.261 e. The minimum atomic E-state index is -3.80. The largest absolute Gasteiger partial charge is 0.352 e. The van der Waals surface area contributed by atoms with Gasteiger partial charge in [-0.15, -0.1) is 0 Å². The molecule has 2 aromatic carbocycles. The van der Waals surface area contributed by atoms with Crippen LogP contribution in [0.1, 0.15) is 33.5 Å². The molecule has 0 spiro atoms. The Morgan fingerprint density at radius 2 is 1.93 bits per heavy atom. The zero-order valence-corrected chi connectivity index (χ0v) is 18.2. The monoisotopic (exact) mass is 426 g/mol. The van der Waals surface area contributed by atoms with Gasteiger partial charge < -0.3 is 5.32 Å². The number of sulfonamides is 1. The molecule has 0 aliphatic carbocycles. The lowest BCUT2D eigenvalue weighted by Crippen LogP contribution is -2.26. The number of carbonyl (C=O) groups is 1. The molecule has 3 rings (SSSR count). The van der Waals surface area contributed by atoms with Crippen molar-refractivity contribution < 1.29 is 13.2 Å². The standard InChI is InChI=1S/C22H26N4O3S/c1-16-6-4-8-19(12-16)25-30(28,29)20-10-9-17(2)21(13-20)22(27)23-11-5-7-18-14-24-26(3)15-18/h4,6,8-10,12-15,25H,5,7,11H2,1-3H3,(H,23,27). The normalized spacial score (nSPS) is 11.3. The number of benzene rings is 2. The van der Waals surface area contributed by atoms with Crippen molar-refractivity contribution in [3.8, 4) is 0 Å². The molecule has 30 heavy (non-hydrogen) atoms. The average Bonchev–Trinajstić information content (AvgIpc) is 3.10. The van der Waals surface area contributed by atoms with Crippen LogP contribution in [0.15, 0.2) is 59.8 Å². The molecule has 0 aliphatic heterocycles. The summed E-state index contributed by atoms with van der Waals surface area (Å²) < 4.78 is 29.8. The zero-order chi connectivity index (χ0) is 21.7. The molecule has 0 saturated heterocycles. The first kappa shape index (κ1) is 21.6. The van der Waals surface area contributed by atoms with Gasteiger partial charge in [0.2, 0.25) is 0 Å². The van der Waals surface area contributed by atoms with Gasteiger partial charge in [-0.3, -0.25) is 14.2 Å². The first-order chi connectivity index (χ1) is 14.2. The Morgan fingerprint density at radius 3 is 2.63 bits per heavy atom. The van der Waals surface area contributed by atoms with E-state index in [0.29, 0.717) is 23.4 Å². The predicted molar refractivity (Wildman–Crippen MR) is 117 cm³/mol. The van der Waals surface area contributed by atoms with E-state index in [2.05, 4.69) is 15.1 Å². The van der Waals surface area contributed by atoms with E-state index in [1.807, 2.05) is 32.4 Å². The van der Waals surface area contributed by atoms with Crippen LogP contribution in [0.3, 0.4) is 0 Å². The van der Waals surface area contributed by atoms with Gasteiger partial charge in [-0.1, -0.05) is 18.2 Å². The summed E-state index contributed by atoms with van der Waals surface area (Å²) in [6.45, 7) is 4.17. The van der Waals surface area contributed by atoms with Crippen LogP contribution in [-0.2, 0) is 23.5 Å². The molecule has 1 heterocycles.